The van der Waals surface area contributed by atoms with Gasteiger partial charge < -0.3 is 19.7 Å². The molecule has 30 heavy (non-hydrogen) atoms. The van der Waals surface area contributed by atoms with Crippen molar-refractivity contribution in [1.82, 2.24) is 9.80 Å². The summed E-state index contributed by atoms with van der Waals surface area (Å²) in [5.41, 5.74) is 1.36. The maximum absolute atomic E-state index is 12.8. The van der Waals surface area contributed by atoms with Crippen LogP contribution in [0.3, 0.4) is 0 Å². The number of benzene rings is 2. The van der Waals surface area contributed by atoms with E-state index in [1.54, 1.807) is 49.1 Å². The van der Waals surface area contributed by atoms with E-state index >= 15 is 0 Å². The summed E-state index contributed by atoms with van der Waals surface area (Å²) in [4.78, 5) is 30.2. The zero-order chi connectivity index (χ0) is 21.5. The Hall–Kier alpha value is -2.71. The summed E-state index contributed by atoms with van der Waals surface area (Å²) in [7, 11) is 3.11. The number of nitrogens with zero attached hydrogens (tertiary/aromatic N) is 2. The van der Waals surface area contributed by atoms with E-state index in [-0.39, 0.29) is 11.8 Å². The normalized spacial score (nSPS) is 14.3. The first-order chi connectivity index (χ1) is 14.5. The Morgan fingerprint density at radius 3 is 2.40 bits per heavy atom. The van der Waals surface area contributed by atoms with Crippen LogP contribution in [-0.4, -0.2) is 74.8 Å². The lowest BCUT2D eigenvalue weighted by Crippen LogP contribution is -2.50. The predicted molar refractivity (Wildman–Crippen MR) is 119 cm³/mol. The van der Waals surface area contributed by atoms with E-state index in [4.69, 9.17) is 9.47 Å². The quantitative estimate of drug-likeness (QED) is 0.683. The Morgan fingerprint density at radius 1 is 1.00 bits per heavy atom. The molecule has 0 aromatic heterocycles. The number of carbonyl (C=O) groups excluding carboxylic acids is 2. The van der Waals surface area contributed by atoms with Crippen molar-refractivity contribution in [3.05, 3.63) is 48.0 Å². The highest BCUT2D eigenvalue weighted by Gasteiger charge is 2.24. The smallest absolute Gasteiger partial charge is 0.254 e. The fourth-order valence-corrected chi connectivity index (χ4v) is 3.82. The number of hydrogen-bond acceptors (Lipinski definition) is 6. The van der Waals surface area contributed by atoms with Crippen LogP contribution in [0.4, 0.5) is 5.69 Å². The van der Waals surface area contributed by atoms with Gasteiger partial charge in [-0.3, -0.25) is 14.5 Å². The molecule has 1 saturated heterocycles. The van der Waals surface area contributed by atoms with Gasteiger partial charge in [-0.2, -0.15) is 0 Å². The number of carbonyl (C=O) groups is 2. The molecular formula is C22H27N3O4S. The first-order valence-electron chi connectivity index (χ1n) is 9.71. The van der Waals surface area contributed by atoms with Gasteiger partial charge in [-0.1, -0.05) is 6.07 Å². The fraction of sp³-hybridized carbons (Fsp3) is 0.364. The Balaban J connectivity index is 1.51. The lowest BCUT2D eigenvalue weighted by molar-refractivity contribution is -0.117. The molecule has 1 aliphatic heterocycles. The van der Waals surface area contributed by atoms with Crippen molar-refractivity contribution >= 4 is 29.3 Å². The van der Waals surface area contributed by atoms with Crippen LogP contribution in [0.2, 0.25) is 0 Å². The minimum absolute atomic E-state index is 0.0473. The van der Waals surface area contributed by atoms with Crippen molar-refractivity contribution in [2.45, 2.75) is 4.90 Å². The maximum atomic E-state index is 12.8. The van der Waals surface area contributed by atoms with Crippen LogP contribution in [0, 0.1) is 0 Å². The van der Waals surface area contributed by atoms with E-state index in [2.05, 4.69) is 10.2 Å². The zero-order valence-electron chi connectivity index (χ0n) is 17.5. The molecule has 2 amide bonds. The number of anilines is 1. The molecule has 3 rings (SSSR count). The number of methoxy groups -OCH3 is 2. The largest absolute Gasteiger partial charge is 0.493 e. The van der Waals surface area contributed by atoms with E-state index in [9.17, 15) is 9.59 Å². The summed E-state index contributed by atoms with van der Waals surface area (Å²) in [6.45, 7) is 2.75. The number of nitrogens with one attached hydrogen (secondary N) is 1. The number of ether oxygens (including phenoxy) is 2. The minimum Gasteiger partial charge on any atom is -0.493 e. The Labute approximate surface area is 181 Å². The second kappa shape index (κ2) is 10.4. The van der Waals surface area contributed by atoms with Gasteiger partial charge in [0.2, 0.25) is 5.91 Å². The Morgan fingerprint density at radius 2 is 1.73 bits per heavy atom. The van der Waals surface area contributed by atoms with E-state index in [0.717, 1.165) is 10.6 Å². The third kappa shape index (κ3) is 5.46. The molecule has 0 atom stereocenters. The van der Waals surface area contributed by atoms with Crippen molar-refractivity contribution in [3.63, 3.8) is 0 Å². The first-order valence-corrected chi connectivity index (χ1v) is 10.9. The Bertz CT molecular complexity index is 898. The number of rotatable bonds is 7. The monoisotopic (exact) mass is 429 g/mol. The number of amides is 2. The molecule has 7 nitrogen and oxygen atoms in total. The number of thioether (sulfide) groups is 1. The van der Waals surface area contributed by atoms with Crippen molar-refractivity contribution in [3.8, 4) is 11.5 Å². The Kier molecular flexibility index (Phi) is 7.59. The highest BCUT2D eigenvalue weighted by atomic mass is 32.2. The molecule has 0 radical (unpaired) electrons. The standard InChI is InChI=1S/C22H27N3O4S/c1-28-19-8-7-16(13-20(19)29-2)22(27)25-11-9-24(10-12-25)15-21(26)23-17-5-4-6-18(14-17)30-3/h4-8,13-14H,9-12,15H2,1-3H3,(H,23,26). The van der Waals surface area contributed by atoms with Gasteiger partial charge in [-0.05, 0) is 42.7 Å². The van der Waals surface area contributed by atoms with Gasteiger partial charge in [0.1, 0.15) is 0 Å². The summed E-state index contributed by atoms with van der Waals surface area (Å²) in [6.07, 6.45) is 2.00. The lowest BCUT2D eigenvalue weighted by atomic mass is 10.1. The van der Waals surface area contributed by atoms with Crippen LogP contribution in [0.5, 0.6) is 11.5 Å². The van der Waals surface area contributed by atoms with Crippen LogP contribution >= 0.6 is 11.8 Å². The zero-order valence-corrected chi connectivity index (χ0v) is 18.3. The molecule has 160 valence electrons. The van der Waals surface area contributed by atoms with Gasteiger partial charge in [-0.15, -0.1) is 11.8 Å². The van der Waals surface area contributed by atoms with Crippen molar-refractivity contribution in [2.24, 2.45) is 0 Å². The summed E-state index contributed by atoms with van der Waals surface area (Å²) in [5.74, 6) is 1.03. The van der Waals surface area contributed by atoms with Gasteiger partial charge >= 0.3 is 0 Å². The summed E-state index contributed by atoms with van der Waals surface area (Å²) >= 11 is 1.64. The summed E-state index contributed by atoms with van der Waals surface area (Å²) in [5, 5.41) is 2.95. The predicted octanol–water partition coefficient (Wildman–Crippen LogP) is 2.82. The van der Waals surface area contributed by atoms with Crippen molar-refractivity contribution < 1.29 is 19.1 Å². The molecule has 1 heterocycles. The second-order valence-electron chi connectivity index (χ2n) is 6.92. The van der Waals surface area contributed by atoms with Gasteiger partial charge in [0.25, 0.3) is 5.91 Å². The second-order valence-corrected chi connectivity index (χ2v) is 7.80. The third-order valence-electron chi connectivity index (χ3n) is 5.01. The van der Waals surface area contributed by atoms with Crippen LogP contribution in [-0.2, 0) is 4.79 Å². The number of piperazine rings is 1. The summed E-state index contributed by atoms with van der Waals surface area (Å²) in [6, 6.07) is 13.0. The third-order valence-corrected chi connectivity index (χ3v) is 5.74. The van der Waals surface area contributed by atoms with E-state index in [1.165, 1.54) is 0 Å². The molecule has 2 aromatic rings. The van der Waals surface area contributed by atoms with Gasteiger partial charge in [0.05, 0.1) is 20.8 Å². The maximum Gasteiger partial charge on any atom is 0.254 e. The molecule has 0 saturated carbocycles. The molecule has 1 fully saturated rings. The molecule has 0 aliphatic carbocycles. The highest BCUT2D eigenvalue weighted by molar-refractivity contribution is 7.98. The van der Waals surface area contributed by atoms with E-state index < -0.39 is 0 Å². The van der Waals surface area contributed by atoms with Gasteiger partial charge in [0.15, 0.2) is 11.5 Å². The van der Waals surface area contributed by atoms with Crippen molar-refractivity contribution in [2.75, 3.05) is 58.5 Å². The topological polar surface area (TPSA) is 71.1 Å². The fourth-order valence-electron chi connectivity index (χ4n) is 3.37. The molecule has 2 aromatic carbocycles. The minimum atomic E-state index is -0.0482. The molecule has 0 spiro atoms. The van der Waals surface area contributed by atoms with Gasteiger partial charge in [0, 0.05) is 42.3 Å². The molecule has 0 unspecified atom stereocenters. The average molecular weight is 430 g/mol. The van der Waals surface area contributed by atoms with Crippen molar-refractivity contribution in [1.29, 1.82) is 0 Å². The van der Waals surface area contributed by atoms with Crippen LogP contribution in [0.15, 0.2) is 47.4 Å². The van der Waals surface area contributed by atoms with E-state index in [1.807, 2.05) is 30.5 Å². The van der Waals surface area contributed by atoms with Crippen LogP contribution in [0.1, 0.15) is 10.4 Å². The average Bonchev–Trinajstić information content (AvgIpc) is 2.78. The molecule has 1 aliphatic rings. The SMILES string of the molecule is COc1ccc(C(=O)N2CCN(CC(=O)Nc3cccc(SC)c3)CC2)cc1OC. The highest BCUT2D eigenvalue weighted by Crippen LogP contribution is 2.28. The van der Waals surface area contributed by atoms with Gasteiger partial charge in [-0.25, -0.2) is 0 Å². The molecule has 1 N–H and O–H groups in total. The summed E-state index contributed by atoms with van der Waals surface area (Å²) < 4.78 is 10.5. The van der Waals surface area contributed by atoms with E-state index in [0.29, 0.717) is 49.8 Å². The number of hydrogen-bond donors (Lipinski definition) is 1. The molecule has 0 bridgehead atoms. The molecule has 8 heteroatoms. The first kappa shape index (κ1) is 22.0. The lowest BCUT2D eigenvalue weighted by Gasteiger charge is -2.34. The van der Waals surface area contributed by atoms with Crippen LogP contribution < -0.4 is 14.8 Å². The molecular weight excluding hydrogens is 402 g/mol. The van der Waals surface area contributed by atoms with Crippen LogP contribution in [0.25, 0.3) is 0 Å².